The van der Waals surface area contributed by atoms with Crippen LogP contribution < -0.4 is 15.1 Å². The van der Waals surface area contributed by atoms with Crippen LogP contribution in [-0.4, -0.2) is 38.9 Å². The molecule has 0 aliphatic rings. The molecule has 0 unspecified atom stereocenters. The third-order valence-corrected chi connectivity index (χ3v) is 11.1. The van der Waals surface area contributed by atoms with Gasteiger partial charge in [0.05, 0.1) is 0 Å². The van der Waals surface area contributed by atoms with Crippen LogP contribution in [0.1, 0.15) is 34.6 Å². The van der Waals surface area contributed by atoms with Crippen LogP contribution in [0.4, 0.5) is 0 Å². The molecule has 184 valence electrons. The van der Waals surface area contributed by atoms with E-state index in [1.54, 1.807) is 26.0 Å². The highest BCUT2D eigenvalue weighted by Crippen LogP contribution is 2.37. The van der Waals surface area contributed by atoms with Gasteiger partial charge in [-0.1, -0.05) is 99.6 Å². The number of ether oxygens (including phenoxy) is 2. The third-order valence-electron chi connectivity index (χ3n) is 5.97. The summed E-state index contributed by atoms with van der Waals surface area (Å²) < 4.78 is 17.8. The molecule has 0 aliphatic heterocycles. The minimum absolute atomic E-state index is 0.178. The van der Waals surface area contributed by atoms with Gasteiger partial charge in [0.15, 0.2) is 12.7 Å². The molecule has 0 saturated heterocycles. The first-order chi connectivity index (χ1) is 16.6. The molecule has 3 aromatic carbocycles. The molecule has 3 aromatic rings. The Morgan fingerprint density at radius 3 is 1.66 bits per heavy atom. The van der Waals surface area contributed by atoms with Gasteiger partial charge in [-0.3, -0.25) is 4.79 Å². The smallest absolute Gasteiger partial charge is 0.334 e. The standard InChI is InChI=1S/C29H34O5Si/c1-22(27(30)21-32-24-15-9-6-10-16-24)33-28(31)23(2)34-35(29(3,4)5,25-17-11-7-12-18-25)26-19-13-8-14-20-26/h6-20,22-23H,21H2,1-5H3/t22-,23-/m0/s1. The Hall–Kier alpha value is -3.22. The first-order valence-corrected chi connectivity index (χ1v) is 13.8. The van der Waals surface area contributed by atoms with E-state index in [9.17, 15) is 9.59 Å². The van der Waals surface area contributed by atoms with Gasteiger partial charge in [0.25, 0.3) is 8.32 Å². The molecule has 6 heteroatoms. The minimum Gasteiger partial charge on any atom is -0.486 e. The first-order valence-electron chi connectivity index (χ1n) is 11.8. The van der Waals surface area contributed by atoms with E-state index < -0.39 is 26.5 Å². The highest BCUT2D eigenvalue weighted by molar-refractivity contribution is 6.99. The molecule has 0 radical (unpaired) electrons. The number of rotatable bonds is 10. The minimum atomic E-state index is -2.92. The molecule has 0 amide bonds. The molecule has 5 nitrogen and oxygen atoms in total. The van der Waals surface area contributed by atoms with Crippen molar-refractivity contribution < 1.29 is 23.5 Å². The quantitative estimate of drug-likeness (QED) is 0.309. The maximum Gasteiger partial charge on any atom is 0.334 e. The predicted molar refractivity (Wildman–Crippen MR) is 141 cm³/mol. The second-order valence-electron chi connectivity index (χ2n) is 9.57. The van der Waals surface area contributed by atoms with Crippen LogP contribution in [0.15, 0.2) is 91.0 Å². The summed E-state index contributed by atoms with van der Waals surface area (Å²) in [4.78, 5) is 25.6. The lowest BCUT2D eigenvalue weighted by Crippen LogP contribution is -2.68. The SMILES string of the molecule is C[C@H](OC(=O)[C@H](C)O[Si](c1ccccc1)(c1ccccc1)C(C)(C)C)C(=O)COc1ccccc1. The Kier molecular flexibility index (Phi) is 8.65. The third kappa shape index (κ3) is 6.27. The number of hydrogen-bond acceptors (Lipinski definition) is 5. The number of carbonyl (C=O) groups excluding carboxylic acids is 2. The fourth-order valence-electron chi connectivity index (χ4n) is 4.13. The fraction of sp³-hybridized carbons (Fsp3) is 0.310. The van der Waals surface area contributed by atoms with Gasteiger partial charge < -0.3 is 13.9 Å². The maximum atomic E-state index is 13.1. The largest absolute Gasteiger partial charge is 0.486 e. The molecular formula is C29H34O5Si. The summed E-state index contributed by atoms with van der Waals surface area (Å²) in [7, 11) is -2.92. The van der Waals surface area contributed by atoms with Crippen molar-refractivity contribution in [1.29, 1.82) is 0 Å². The van der Waals surface area contributed by atoms with Crippen LogP contribution in [0.25, 0.3) is 0 Å². The molecule has 0 aliphatic carbocycles. The van der Waals surface area contributed by atoms with E-state index in [0.717, 1.165) is 10.4 Å². The van der Waals surface area contributed by atoms with Gasteiger partial charge >= 0.3 is 5.97 Å². The van der Waals surface area contributed by atoms with Crippen LogP contribution in [0.2, 0.25) is 5.04 Å². The molecule has 35 heavy (non-hydrogen) atoms. The van der Waals surface area contributed by atoms with Gasteiger partial charge in [0.2, 0.25) is 5.78 Å². The van der Waals surface area contributed by atoms with E-state index in [-0.39, 0.29) is 17.4 Å². The molecule has 0 fully saturated rings. The zero-order valence-corrected chi connectivity index (χ0v) is 22.1. The molecule has 0 aromatic heterocycles. The Bertz CT molecular complexity index is 1050. The average Bonchev–Trinajstić information content (AvgIpc) is 2.86. The summed E-state index contributed by atoms with van der Waals surface area (Å²) in [5, 5.41) is 1.85. The molecule has 0 saturated carbocycles. The van der Waals surface area contributed by atoms with Crippen molar-refractivity contribution in [3.05, 3.63) is 91.0 Å². The number of para-hydroxylation sites is 1. The van der Waals surface area contributed by atoms with Gasteiger partial charge in [-0.05, 0) is 41.4 Å². The Morgan fingerprint density at radius 2 is 1.20 bits per heavy atom. The number of Topliss-reactive ketones (excluding diaryl/α,β-unsaturated/α-hetero) is 1. The predicted octanol–water partition coefficient (Wildman–Crippen LogP) is 4.53. The molecule has 0 spiro atoms. The molecule has 2 atom stereocenters. The Balaban J connectivity index is 1.79. The summed E-state index contributed by atoms with van der Waals surface area (Å²) in [6, 6.07) is 29.2. The number of benzene rings is 3. The molecule has 0 N–H and O–H groups in total. The summed E-state index contributed by atoms with van der Waals surface area (Å²) in [5.74, 6) is -0.304. The van der Waals surface area contributed by atoms with Crippen LogP contribution in [-0.2, 0) is 18.8 Å². The van der Waals surface area contributed by atoms with E-state index in [4.69, 9.17) is 13.9 Å². The van der Waals surface area contributed by atoms with Crippen molar-refractivity contribution in [3.8, 4) is 5.75 Å². The van der Waals surface area contributed by atoms with Gasteiger partial charge in [0.1, 0.15) is 11.9 Å². The van der Waals surface area contributed by atoms with Crippen LogP contribution >= 0.6 is 0 Å². The van der Waals surface area contributed by atoms with Crippen molar-refractivity contribution in [2.24, 2.45) is 0 Å². The second kappa shape index (κ2) is 11.5. The maximum absolute atomic E-state index is 13.1. The van der Waals surface area contributed by atoms with Crippen LogP contribution in [0.5, 0.6) is 5.75 Å². The monoisotopic (exact) mass is 490 g/mol. The van der Waals surface area contributed by atoms with Gasteiger partial charge in [-0.15, -0.1) is 0 Å². The lowest BCUT2D eigenvalue weighted by Gasteiger charge is -2.44. The van der Waals surface area contributed by atoms with E-state index in [1.807, 2.05) is 54.6 Å². The van der Waals surface area contributed by atoms with Gasteiger partial charge in [-0.25, -0.2) is 4.79 Å². The second-order valence-corrected chi connectivity index (χ2v) is 13.8. The van der Waals surface area contributed by atoms with Crippen molar-refractivity contribution in [2.75, 3.05) is 6.61 Å². The number of esters is 1. The number of carbonyl (C=O) groups is 2. The normalized spacial score (nSPS) is 13.5. The van der Waals surface area contributed by atoms with Crippen LogP contribution in [0, 0.1) is 0 Å². The lowest BCUT2D eigenvalue weighted by atomic mass is 10.2. The highest BCUT2D eigenvalue weighted by atomic mass is 28.4. The molecule has 0 bridgehead atoms. The highest BCUT2D eigenvalue weighted by Gasteiger charge is 2.52. The Morgan fingerprint density at radius 1 is 0.743 bits per heavy atom. The van der Waals surface area contributed by atoms with Crippen molar-refractivity contribution in [1.82, 2.24) is 0 Å². The zero-order valence-electron chi connectivity index (χ0n) is 21.1. The van der Waals surface area contributed by atoms with Crippen molar-refractivity contribution >= 4 is 30.4 Å². The summed E-state index contributed by atoms with van der Waals surface area (Å²) >= 11 is 0. The van der Waals surface area contributed by atoms with Crippen molar-refractivity contribution in [3.63, 3.8) is 0 Å². The molecular weight excluding hydrogens is 456 g/mol. The Labute approximate surface area is 209 Å². The van der Waals surface area contributed by atoms with E-state index in [0.29, 0.717) is 5.75 Å². The fourth-order valence-corrected chi connectivity index (χ4v) is 8.77. The molecule has 3 rings (SSSR count). The van der Waals surface area contributed by atoms with Gasteiger partial charge in [-0.2, -0.15) is 0 Å². The summed E-state index contributed by atoms with van der Waals surface area (Å²) in [5.41, 5.74) is 0. The van der Waals surface area contributed by atoms with E-state index in [1.165, 1.54) is 0 Å². The zero-order chi connectivity index (χ0) is 25.5. The lowest BCUT2D eigenvalue weighted by molar-refractivity contribution is -0.161. The number of ketones is 1. The average molecular weight is 491 g/mol. The van der Waals surface area contributed by atoms with Gasteiger partial charge in [0, 0.05) is 0 Å². The van der Waals surface area contributed by atoms with E-state index >= 15 is 0 Å². The topological polar surface area (TPSA) is 61.8 Å². The summed E-state index contributed by atoms with van der Waals surface area (Å²) in [6.07, 6.45) is -1.82. The first kappa shape index (κ1) is 26.4. The summed E-state index contributed by atoms with van der Waals surface area (Å²) in [6.45, 7) is 9.50. The van der Waals surface area contributed by atoms with E-state index in [2.05, 4.69) is 45.0 Å². The molecule has 0 heterocycles. The number of hydrogen-bond donors (Lipinski definition) is 0. The van der Waals surface area contributed by atoms with Crippen LogP contribution in [0.3, 0.4) is 0 Å². The van der Waals surface area contributed by atoms with Crippen molar-refractivity contribution in [2.45, 2.75) is 51.9 Å².